The smallest absolute Gasteiger partial charge is 0.229 e. The first-order chi connectivity index (χ1) is 11.4. The number of hydrogen-bond acceptors (Lipinski definition) is 7. The minimum Gasteiger partial charge on any atom is -0.507 e. The second-order valence-corrected chi connectivity index (χ2v) is 5.95. The standard InChI is InChI=1S/C17H20O7/c1-8-5-9-3-2-4-10(19)13(9)11(6-8)23-17-16(22)15(21)14(20)12(7-18)24-17/h2-6,12,14-22H,7H2,1H3/t12-,14-,15+,16-,17-/m1/s1. The molecule has 24 heavy (non-hydrogen) atoms. The molecule has 0 spiro atoms. The Bertz CT molecular complexity index is 730. The molecule has 7 heteroatoms. The third-order valence-electron chi connectivity index (χ3n) is 4.15. The highest BCUT2D eigenvalue weighted by atomic mass is 16.7. The summed E-state index contributed by atoms with van der Waals surface area (Å²) in [6.07, 6.45) is -6.84. The van der Waals surface area contributed by atoms with E-state index in [0.717, 1.165) is 10.9 Å². The van der Waals surface area contributed by atoms with Gasteiger partial charge in [-0.3, -0.25) is 0 Å². The number of fused-ring (bicyclic) bond motifs is 1. The molecule has 0 aromatic heterocycles. The maximum atomic E-state index is 10.1. The maximum Gasteiger partial charge on any atom is 0.229 e. The van der Waals surface area contributed by atoms with Crippen molar-refractivity contribution in [2.75, 3.05) is 6.61 Å². The highest BCUT2D eigenvalue weighted by Crippen LogP contribution is 2.36. The van der Waals surface area contributed by atoms with Crippen LogP contribution in [0.15, 0.2) is 30.3 Å². The van der Waals surface area contributed by atoms with E-state index in [-0.39, 0.29) is 11.5 Å². The fraction of sp³-hybridized carbons (Fsp3) is 0.412. The topological polar surface area (TPSA) is 120 Å². The molecular formula is C17H20O7. The van der Waals surface area contributed by atoms with Crippen molar-refractivity contribution < 1.29 is 35.0 Å². The van der Waals surface area contributed by atoms with Crippen LogP contribution >= 0.6 is 0 Å². The second kappa shape index (κ2) is 6.54. The van der Waals surface area contributed by atoms with Crippen LogP contribution in [-0.2, 0) is 4.74 Å². The zero-order valence-electron chi connectivity index (χ0n) is 13.0. The molecule has 0 amide bonds. The van der Waals surface area contributed by atoms with Gasteiger partial charge in [0.05, 0.1) is 12.0 Å². The van der Waals surface area contributed by atoms with Gasteiger partial charge in [-0.2, -0.15) is 0 Å². The Kier molecular flexibility index (Phi) is 4.62. The van der Waals surface area contributed by atoms with Crippen molar-refractivity contribution in [3.05, 3.63) is 35.9 Å². The Labute approximate surface area is 138 Å². The van der Waals surface area contributed by atoms with Crippen molar-refractivity contribution >= 4 is 10.8 Å². The number of phenolic OH excluding ortho intramolecular Hbond substituents is 1. The molecule has 0 aliphatic carbocycles. The third-order valence-corrected chi connectivity index (χ3v) is 4.15. The number of aliphatic hydroxyl groups excluding tert-OH is 4. The van der Waals surface area contributed by atoms with Crippen molar-refractivity contribution in [3.8, 4) is 11.5 Å². The van der Waals surface area contributed by atoms with Gasteiger partial charge in [0.2, 0.25) is 6.29 Å². The lowest BCUT2D eigenvalue weighted by atomic mass is 9.99. The number of phenols is 1. The largest absolute Gasteiger partial charge is 0.507 e. The Morgan fingerprint density at radius 3 is 2.54 bits per heavy atom. The number of aromatic hydroxyl groups is 1. The highest BCUT2D eigenvalue weighted by Gasteiger charge is 2.44. The van der Waals surface area contributed by atoms with Gasteiger partial charge in [0.1, 0.15) is 35.9 Å². The summed E-state index contributed by atoms with van der Waals surface area (Å²) in [6, 6.07) is 8.56. The molecule has 1 aliphatic heterocycles. The quantitative estimate of drug-likeness (QED) is 0.536. The molecule has 1 saturated heterocycles. The average molecular weight is 336 g/mol. The molecule has 2 aromatic rings. The van der Waals surface area contributed by atoms with E-state index in [0.29, 0.717) is 5.39 Å². The Hall–Kier alpha value is -1.90. The molecule has 0 radical (unpaired) electrons. The summed E-state index contributed by atoms with van der Waals surface area (Å²) in [5, 5.41) is 50.3. The fourth-order valence-electron chi connectivity index (χ4n) is 2.89. The van der Waals surface area contributed by atoms with Crippen molar-refractivity contribution in [3.63, 3.8) is 0 Å². The van der Waals surface area contributed by atoms with E-state index >= 15 is 0 Å². The summed E-state index contributed by atoms with van der Waals surface area (Å²) in [4.78, 5) is 0. The summed E-state index contributed by atoms with van der Waals surface area (Å²) < 4.78 is 11.0. The molecule has 3 rings (SSSR count). The predicted molar refractivity (Wildman–Crippen MR) is 84.7 cm³/mol. The monoisotopic (exact) mass is 336 g/mol. The third kappa shape index (κ3) is 2.92. The number of rotatable bonds is 3. The van der Waals surface area contributed by atoms with Crippen LogP contribution in [0.2, 0.25) is 0 Å². The van der Waals surface area contributed by atoms with Gasteiger partial charge in [-0.1, -0.05) is 18.2 Å². The van der Waals surface area contributed by atoms with E-state index in [2.05, 4.69) is 0 Å². The van der Waals surface area contributed by atoms with Gasteiger partial charge in [0, 0.05) is 0 Å². The SMILES string of the molecule is Cc1cc(O[C@@H]2O[C@H](CO)[C@@H](O)[C@H](O)[C@H]2O)c2c(O)cccc2c1. The van der Waals surface area contributed by atoms with E-state index in [1.54, 1.807) is 12.1 Å². The van der Waals surface area contributed by atoms with E-state index in [1.165, 1.54) is 6.07 Å². The molecule has 5 N–H and O–H groups in total. The van der Waals surface area contributed by atoms with Crippen molar-refractivity contribution in [1.82, 2.24) is 0 Å². The first-order valence-electron chi connectivity index (χ1n) is 7.62. The molecule has 0 saturated carbocycles. The first-order valence-corrected chi connectivity index (χ1v) is 7.62. The van der Waals surface area contributed by atoms with E-state index in [4.69, 9.17) is 9.47 Å². The minimum absolute atomic E-state index is 0.00657. The first kappa shape index (κ1) is 16.9. The van der Waals surface area contributed by atoms with Gasteiger partial charge in [0.25, 0.3) is 0 Å². The van der Waals surface area contributed by atoms with Crippen molar-refractivity contribution in [1.29, 1.82) is 0 Å². The van der Waals surface area contributed by atoms with Crippen LogP contribution in [0.1, 0.15) is 5.56 Å². The summed E-state index contributed by atoms with van der Waals surface area (Å²) in [7, 11) is 0. The van der Waals surface area contributed by atoms with E-state index in [9.17, 15) is 25.5 Å². The molecule has 5 atom stereocenters. The van der Waals surface area contributed by atoms with Crippen LogP contribution in [0.25, 0.3) is 10.8 Å². The number of aryl methyl sites for hydroxylation is 1. The van der Waals surface area contributed by atoms with Gasteiger partial charge >= 0.3 is 0 Å². The van der Waals surface area contributed by atoms with Crippen LogP contribution in [0.5, 0.6) is 11.5 Å². The average Bonchev–Trinajstić information content (AvgIpc) is 2.55. The number of ether oxygens (including phenoxy) is 2. The van der Waals surface area contributed by atoms with Gasteiger partial charge in [-0.25, -0.2) is 0 Å². The zero-order valence-corrected chi connectivity index (χ0v) is 13.0. The van der Waals surface area contributed by atoms with Crippen LogP contribution in [0, 0.1) is 6.92 Å². The van der Waals surface area contributed by atoms with E-state index < -0.39 is 37.3 Å². The summed E-state index contributed by atoms with van der Waals surface area (Å²) in [6.45, 7) is 1.31. The summed E-state index contributed by atoms with van der Waals surface area (Å²) in [5.41, 5.74) is 0.868. The predicted octanol–water partition coefficient (Wildman–Crippen LogP) is 0.0325. The van der Waals surface area contributed by atoms with E-state index in [1.807, 2.05) is 19.1 Å². The highest BCUT2D eigenvalue weighted by molar-refractivity contribution is 5.94. The van der Waals surface area contributed by atoms with Crippen LogP contribution in [0.4, 0.5) is 0 Å². The van der Waals surface area contributed by atoms with Gasteiger partial charge in [-0.05, 0) is 30.0 Å². The minimum atomic E-state index is -1.52. The summed E-state index contributed by atoms with van der Waals surface area (Å²) in [5.74, 6) is 0.277. The van der Waals surface area contributed by atoms with Crippen molar-refractivity contribution in [2.45, 2.75) is 37.6 Å². The second-order valence-electron chi connectivity index (χ2n) is 5.95. The molecule has 1 heterocycles. The maximum absolute atomic E-state index is 10.1. The number of hydrogen-bond donors (Lipinski definition) is 5. The summed E-state index contributed by atoms with van der Waals surface area (Å²) >= 11 is 0. The van der Waals surface area contributed by atoms with Crippen LogP contribution in [-0.4, -0.2) is 62.8 Å². The van der Waals surface area contributed by atoms with Gasteiger partial charge in [-0.15, -0.1) is 0 Å². The molecule has 0 unspecified atom stereocenters. The Balaban J connectivity index is 1.97. The lowest BCUT2D eigenvalue weighted by Gasteiger charge is -2.39. The lowest BCUT2D eigenvalue weighted by molar-refractivity contribution is -0.277. The van der Waals surface area contributed by atoms with Crippen LogP contribution < -0.4 is 4.74 Å². The lowest BCUT2D eigenvalue weighted by Crippen LogP contribution is -2.60. The van der Waals surface area contributed by atoms with Gasteiger partial charge < -0.3 is 35.0 Å². The normalized spacial score (nSPS) is 30.5. The molecule has 2 aromatic carbocycles. The fourth-order valence-corrected chi connectivity index (χ4v) is 2.89. The molecule has 0 bridgehead atoms. The number of benzene rings is 2. The molecule has 1 fully saturated rings. The Morgan fingerprint density at radius 2 is 1.83 bits per heavy atom. The number of aliphatic hydroxyl groups is 4. The van der Waals surface area contributed by atoms with Gasteiger partial charge in [0.15, 0.2) is 0 Å². The Morgan fingerprint density at radius 1 is 1.08 bits per heavy atom. The molecule has 7 nitrogen and oxygen atoms in total. The molecule has 130 valence electrons. The molecule has 1 aliphatic rings. The zero-order chi connectivity index (χ0) is 17.4. The van der Waals surface area contributed by atoms with Crippen molar-refractivity contribution in [2.24, 2.45) is 0 Å². The molecular weight excluding hydrogens is 316 g/mol. The van der Waals surface area contributed by atoms with Crippen LogP contribution in [0.3, 0.4) is 0 Å².